The summed E-state index contributed by atoms with van der Waals surface area (Å²) >= 11 is 1.91. The van der Waals surface area contributed by atoms with Crippen molar-refractivity contribution in [2.75, 3.05) is 26.2 Å². The van der Waals surface area contributed by atoms with E-state index < -0.39 is 0 Å². The molecule has 4 heteroatoms. The third-order valence-corrected chi connectivity index (χ3v) is 7.04. The maximum absolute atomic E-state index is 6.16. The molecule has 1 aliphatic heterocycles. The van der Waals surface area contributed by atoms with Crippen LogP contribution < -0.4 is 10.1 Å². The van der Waals surface area contributed by atoms with Crippen molar-refractivity contribution in [1.29, 1.82) is 0 Å². The summed E-state index contributed by atoms with van der Waals surface area (Å²) in [6, 6.07) is 30.4. The average molecular weight is 429 g/mol. The Bertz CT molecular complexity index is 1080. The summed E-state index contributed by atoms with van der Waals surface area (Å²) in [5.41, 5.74) is 2.49. The number of nitrogens with zero attached hydrogens (tertiary/aromatic N) is 1. The molecule has 2 heterocycles. The van der Waals surface area contributed by atoms with Gasteiger partial charge < -0.3 is 10.1 Å². The maximum atomic E-state index is 6.16. The second kappa shape index (κ2) is 9.65. The summed E-state index contributed by atoms with van der Waals surface area (Å²) in [5, 5.41) is 4.88. The van der Waals surface area contributed by atoms with Crippen LogP contribution in [-0.4, -0.2) is 31.1 Å². The molecule has 0 spiro atoms. The molecule has 1 N–H and O–H groups in total. The normalized spacial score (nSPS) is 16.1. The first-order valence-corrected chi connectivity index (χ1v) is 11.9. The number of ether oxygens (including phenoxy) is 1. The summed E-state index contributed by atoms with van der Waals surface area (Å²) in [6.45, 7) is 4.86. The van der Waals surface area contributed by atoms with E-state index in [2.05, 4.69) is 89.1 Å². The zero-order valence-corrected chi connectivity index (χ0v) is 18.5. The molecule has 3 aromatic carbocycles. The third-order valence-electron chi connectivity index (χ3n) is 5.88. The third kappa shape index (κ3) is 4.82. The van der Waals surface area contributed by atoms with Crippen LogP contribution in [0.25, 0.3) is 10.1 Å². The summed E-state index contributed by atoms with van der Waals surface area (Å²) in [5.74, 6) is 0.931. The first-order chi connectivity index (χ1) is 15.4. The van der Waals surface area contributed by atoms with Crippen molar-refractivity contribution < 1.29 is 4.74 Å². The topological polar surface area (TPSA) is 24.5 Å². The molecular weight excluding hydrogens is 400 g/mol. The van der Waals surface area contributed by atoms with E-state index in [4.69, 9.17) is 4.74 Å². The van der Waals surface area contributed by atoms with Gasteiger partial charge in [-0.3, -0.25) is 4.90 Å². The fraction of sp³-hybridized carbons (Fsp3) is 0.259. The molecule has 5 rings (SSSR count). The number of hydrogen-bond acceptors (Lipinski definition) is 4. The molecule has 0 aliphatic carbocycles. The molecule has 158 valence electrons. The van der Waals surface area contributed by atoms with E-state index in [1.54, 1.807) is 0 Å². The van der Waals surface area contributed by atoms with E-state index in [0.717, 1.165) is 31.9 Å². The molecule has 31 heavy (non-hydrogen) atoms. The van der Waals surface area contributed by atoms with Gasteiger partial charge in [0.05, 0.1) is 6.04 Å². The van der Waals surface area contributed by atoms with E-state index in [-0.39, 0.29) is 6.04 Å². The molecule has 1 aromatic heterocycles. The molecule has 1 fully saturated rings. The number of benzene rings is 3. The molecule has 1 unspecified atom stereocenters. The molecule has 0 saturated carbocycles. The first kappa shape index (κ1) is 20.3. The lowest BCUT2D eigenvalue weighted by Crippen LogP contribution is -2.32. The lowest BCUT2D eigenvalue weighted by atomic mass is 10.0. The van der Waals surface area contributed by atoms with Crippen LogP contribution in [0.3, 0.4) is 0 Å². The molecule has 1 saturated heterocycles. The molecule has 4 aromatic rings. The highest BCUT2D eigenvalue weighted by molar-refractivity contribution is 7.19. The Morgan fingerprint density at radius 3 is 2.65 bits per heavy atom. The van der Waals surface area contributed by atoms with E-state index >= 15 is 0 Å². The van der Waals surface area contributed by atoms with Crippen LogP contribution >= 0.6 is 11.3 Å². The highest BCUT2D eigenvalue weighted by atomic mass is 32.1. The van der Waals surface area contributed by atoms with Crippen molar-refractivity contribution in [3.8, 4) is 5.75 Å². The van der Waals surface area contributed by atoms with E-state index in [1.807, 2.05) is 17.4 Å². The van der Waals surface area contributed by atoms with Crippen molar-refractivity contribution >= 4 is 21.4 Å². The van der Waals surface area contributed by atoms with E-state index in [0.29, 0.717) is 6.61 Å². The van der Waals surface area contributed by atoms with Crippen molar-refractivity contribution in [1.82, 2.24) is 10.2 Å². The summed E-state index contributed by atoms with van der Waals surface area (Å²) in [7, 11) is 0. The summed E-state index contributed by atoms with van der Waals surface area (Å²) < 4.78 is 7.52. The highest BCUT2D eigenvalue weighted by Gasteiger charge is 2.25. The van der Waals surface area contributed by atoms with Crippen LogP contribution in [-0.2, 0) is 6.61 Å². The number of nitrogens with one attached hydrogen (secondary N) is 1. The number of hydrogen-bond donors (Lipinski definition) is 1. The van der Waals surface area contributed by atoms with Gasteiger partial charge in [-0.25, -0.2) is 0 Å². The Hall–Kier alpha value is -2.66. The molecule has 0 radical (unpaired) electrons. The van der Waals surface area contributed by atoms with Crippen LogP contribution in [0.5, 0.6) is 5.75 Å². The Labute approximate surface area is 188 Å². The second-order valence-electron chi connectivity index (χ2n) is 8.08. The SMILES string of the molecule is c1ccc(COc2cccc(C(c3cc4ccccc4s3)N3CCCNCC3)c2)cc1. The Kier molecular flexibility index (Phi) is 6.30. The Morgan fingerprint density at radius 2 is 1.74 bits per heavy atom. The number of rotatable bonds is 6. The number of thiophene rings is 1. The molecule has 0 bridgehead atoms. The van der Waals surface area contributed by atoms with Crippen molar-refractivity contribution in [2.45, 2.75) is 19.1 Å². The number of fused-ring (bicyclic) bond motifs is 1. The van der Waals surface area contributed by atoms with Gasteiger partial charge in [-0.2, -0.15) is 0 Å². The first-order valence-electron chi connectivity index (χ1n) is 11.1. The standard InChI is InChI=1S/C27H28N2OS/c1-2-8-21(9-3-1)20-30-24-12-6-11-23(18-24)27(29-16-7-14-28-15-17-29)26-19-22-10-4-5-13-25(22)31-26/h1-6,8-13,18-19,27-28H,7,14-17,20H2. The summed E-state index contributed by atoms with van der Waals surface area (Å²) in [4.78, 5) is 4.03. The van der Waals surface area contributed by atoms with Gasteiger partial charge in [0.2, 0.25) is 0 Å². The summed E-state index contributed by atoms with van der Waals surface area (Å²) in [6.07, 6.45) is 1.17. The van der Waals surface area contributed by atoms with E-state index in [9.17, 15) is 0 Å². The van der Waals surface area contributed by atoms with Crippen LogP contribution in [0.2, 0.25) is 0 Å². The Balaban J connectivity index is 1.47. The van der Waals surface area contributed by atoms with Crippen molar-refractivity contribution in [2.24, 2.45) is 0 Å². The predicted molar refractivity (Wildman–Crippen MR) is 130 cm³/mol. The zero-order valence-electron chi connectivity index (χ0n) is 17.7. The fourth-order valence-corrected chi connectivity index (χ4v) is 5.56. The lowest BCUT2D eigenvalue weighted by Gasteiger charge is -2.30. The minimum Gasteiger partial charge on any atom is -0.489 e. The van der Waals surface area contributed by atoms with Gasteiger partial charge in [0.15, 0.2) is 0 Å². The van der Waals surface area contributed by atoms with Crippen LogP contribution in [0.4, 0.5) is 0 Å². The monoisotopic (exact) mass is 428 g/mol. The van der Waals surface area contributed by atoms with Crippen LogP contribution in [0.15, 0.2) is 84.9 Å². The molecule has 0 amide bonds. The zero-order chi connectivity index (χ0) is 20.9. The smallest absolute Gasteiger partial charge is 0.120 e. The van der Waals surface area contributed by atoms with Gasteiger partial charge >= 0.3 is 0 Å². The Morgan fingerprint density at radius 1 is 0.871 bits per heavy atom. The average Bonchev–Trinajstić information content (AvgIpc) is 3.06. The van der Waals surface area contributed by atoms with Crippen molar-refractivity contribution in [3.63, 3.8) is 0 Å². The van der Waals surface area contributed by atoms with Gasteiger partial charge in [-0.15, -0.1) is 11.3 Å². The van der Waals surface area contributed by atoms with Gasteiger partial charge in [-0.1, -0.05) is 60.7 Å². The lowest BCUT2D eigenvalue weighted by molar-refractivity contribution is 0.243. The largest absolute Gasteiger partial charge is 0.489 e. The minimum atomic E-state index is 0.248. The van der Waals surface area contributed by atoms with Gasteiger partial charge in [0.25, 0.3) is 0 Å². The molecule has 1 atom stereocenters. The maximum Gasteiger partial charge on any atom is 0.120 e. The quantitative estimate of drug-likeness (QED) is 0.416. The molecule has 1 aliphatic rings. The molecule has 3 nitrogen and oxygen atoms in total. The second-order valence-corrected chi connectivity index (χ2v) is 9.19. The van der Waals surface area contributed by atoms with Crippen LogP contribution in [0, 0.1) is 0 Å². The van der Waals surface area contributed by atoms with Gasteiger partial charge in [0.1, 0.15) is 12.4 Å². The van der Waals surface area contributed by atoms with E-state index in [1.165, 1.54) is 32.5 Å². The minimum absolute atomic E-state index is 0.248. The van der Waals surface area contributed by atoms with Gasteiger partial charge in [-0.05, 0) is 53.7 Å². The van der Waals surface area contributed by atoms with Crippen LogP contribution in [0.1, 0.15) is 28.5 Å². The van der Waals surface area contributed by atoms with Gasteiger partial charge in [0, 0.05) is 29.2 Å². The molecular formula is C27H28N2OS. The van der Waals surface area contributed by atoms with Crippen molar-refractivity contribution in [3.05, 3.63) is 101 Å². The fourth-order valence-electron chi connectivity index (χ4n) is 4.33. The highest BCUT2D eigenvalue weighted by Crippen LogP contribution is 2.38. The predicted octanol–water partition coefficient (Wildman–Crippen LogP) is 5.87.